The lowest BCUT2D eigenvalue weighted by Crippen LogP contribution is -2.33. The number of nitrogens with zero attached hydrogens (tertiary/aromatic N) is 2. The highest BCUT2D eigenvalue weighted by molar-refractivity contribution is 5.68. The highest BCUT2D eigenvalue weighted by atomic mass is 19.4. The van der Waals surface area contributed by atoms with E-state index in [1.54, 1.807) is 0 Å². The van der Waals surface area contributed by atoms with Crippen molar-refractivity contribution >= 4 is 5.97 Å². The number of hydrogen-bond donors (Lipinski definition) is 1. The Morgan fingerprint density at radius 1 is 1.39 bits per heavy atom. The van der Waals surface area contributed by atoms with E-state index >= 15 is 0 Å². The van der Waals surface area contributed by atoms with Gasteiger partial charge in [0.25, 0.3) is 0 Å². The van der Waals surface area contributed by atoms with Crippen LogP contribution in [-0.2, 0) is 4.79 Å². The molecule has 1 aliphatic carbocycles. The lowest BCUT2D eigenvalue weighted by atomic mass is 9.84. The van der Waals surface area contributed by atoms with Crippen LogP contribution in [-0.4, -0.2) is 27.2 Å². The molecule has 1 atom stereocenters. The Hall–Kier alpha value is -1.66. The van der Waals surface area contributed by atoms with Gasteiger partial charge in [-0.25, -0.2) is 9.97 Å². The summed E-state index contributed by atoms with van der Waals surface area (Å²) in [7, 11) is 0. The quantitative estimate of drug-likeness (QED) is 0.902. The Kier molecular flexibility index (Phi) is 3.00. The molecule has 1 aliphatic rings. The van der Waals surface area contributed by atoms with Crippen molar-refractivity contribution in [1.82, 2.24) is 9.97 Å². The Labute approximate surface area is 101 Å². The number of carbonyl (C=O) groups is 1. The minimum Gasteiger partial charge on any atom is -0.481 e. The van der Waals surface area contributed by atoms with Crippen molar-refractivity contribution in [3.63, 3.8) is 0 Å². The zero-order valence-corrected chi connectivity index (χ0v) is 9.31. The van der Waals surface area contributed by atoms with Crippen molar-refractivity contribution in [2.75, 3.05) is 0 Å². The zero-order valence-electron chi connectivity index (χ0n) is 9.31. The molecule has 0 radical (unpaired) electrons. The van der Waals surface area contributed by atoms with E-state index in [0.29, 0.717) is 0 Å². The molecule has 0 amide bonds. The molecular formula is C11H11F3N2O2. The topological polar surface area (TPSA) is 63.1 Å². The van der Waals surface area contributed by atoms with Gasteiger partial charge in [-0.2, -0.15) is 13.2 Å². The van der Waals surface area contributed by atoms with Gasteiger partial charge in [-0.15, -0.1) is 0 Å². The molecule has 1 heterocycles. The largest absolute Gasteiger partial charge is 0.481 e. The van der Waals surface area contributed by atoms with Crippen LogP contribution >= 0.6 is 0 Å². The highest BCUT2D eigenvalue weighted by Crippen LogP contribution is 2.65. The third-order valence-corrected chi connectivity index (χ3v) is 3.30. The van der Waals surface area contributed by atoms with Crippen LogP contribution in [0.1, 0.15) is 31.0 Å². The molecule has 1 N–H and O–H groups in total. The van der Waals surface area contributed by atoms with Gasteiger partial charge in [0.15, 0.2) is 0 Å². The first-order chi connectivity index (χ1) is 8.37. The molecule has 1 fully saturated rings. The highest BCUT2D eigenvalue weighted by Gasteiger charge is 2.68. The molecule has 1 aromatic rings. The van der Waals surface area contributed by atoms with E-state index in [1.807, 2.05) is 0 Å². The monoisotopic (exact) mass is 260 g/mol. The fourth-order valence-electron chi connectivity index (χ4n) is 2.16. The van der Waals surface area contributed by atoms with Gasteiger partial charge in [0, 0.05) is 18.3 Å². The van der Waals surface area contributed by atoms with Gasteiger partial charge in [0.1, 0.15) is 5.82 Å². The summed E-state index contributed by atoms with van der Waals surface area (Å²) in [4.78, 5) is 18.3. The van der Waals surface area contributed by atoms with Crippen LogP contribution in [0.4, 0.5) is 13.2 Å². The molecule has 1 saturated carbocycles. The Balaban J connectivity index is 2.36. The van der Waals surface area contributed by atoms with Crippen molar-refractivity contribution in [2.45, 2.75) is 31.4 Å². The van der Waals surface area contributed by atoms with Crippen molar-refractivity contribution in [3.05, 3.63) is 24.3 Å². The van der Waals surface area contributed by atoms with E-state index in [-0.39, 0.29) is 18.7 Å². The van der Waals surface area contributed by atoms with Crippen LogP contribution in [0.15, 0.2) is 18.5 Å². The van der Waals surface area contributed by atoms with Gasteiger partial charge in [0.05, 0.1) is 11.8 Å². The van der Waals surface area contributed by atoms with E-state index in [2.05, 4.69) is 9.97 Å². The predicted molar refractivity (Wildman–Crippen MR) is 54.7 cm³/mol. The van der Waals surface area contributed by atoms with E-state index < -0.39 is 29.9 Å². The van der Waals surface area contributed by atoms with Gasteiger partial charge < -0.3 is 5.11 Å². The second kappa shape index (κ2) is 4.22. The van der Waals surface area contributed by atoms with Gasteiger partial charge in [-0.1, -0.05) is 0 Å². The van der Waals surface area contributed by atoms with Crippen molar-refractivity contribution in [3.8, 4) is 0 Å². The number of aromatic nitrogens is 2. The zero-order chi connectivity index (χ0) is 13.4. The van der Waals surface area contributed by atoms with Crippen LogP contribution < -0.4 is 0 Å². The summed E-state index contributed by atoms with van der Waals surface area (Å²) in [5, 5.41) is 8.78. The number of aliphatic carboxylic acids is 1. The maximum absolute atomic E-state index is 13.0. The molecule has 0 aliphatic heterocycles. The fourth-order valence-corrected chi connectivity index (χ4v) is 2.16. The van der Waals surface area contributed by atoms with Crippen molar-refractivity contribution in [1.29, 1.82) is 0 Å². The van der Waals surface area contributed by atoms with E-state index in [0.717, 1.165) is 0 Å². The molecule has 0 aromatic carbocycles. The molecule has 2 rings (SSSR count). The molecule has 1 aromatic heterocycles. The summed E-state index contributed by atoms with van der Waals surface area (Å²) in [5.41, 5.74) is -1.97. The average Bonchev–Trinajstić information content (AvgIpc) is 3.07. The smallest absolute Gasteiger partial charge is 0.395 e. The average molecular weight is 260 g/mol. The van der Waals surface area contributed by atoms with Crippen molar-refractivity contribution < 1.29 is 23.1 Å². The number of carboxylic acids is 1. The predicted octanol–water partition coefficient (Wildman–Crippen LogP) is 2.38. The first kappa shape index (κ1) is 12.8. The van der Waals surface area contributed by atoms with Crippen LogP contribution in [0, 0.1) is 5.41 Å². The fraction of sp³-hybridized carbons (Fsp3) is 0.545. The SMILES string of the molecule is O=C(O)C[C@H](c1ncccn1)C1(C(F)(F)F)CC1. The molecule has 18 heavy (non-hydrogen) atoms. The van der Waals surface area contributed by atoms with E-state index in [4.69, 9.17) is 5.11 Å². The summed E-state index contributed by atoms with van der Waals surface area (Å²) >= 11 is 0. The molecule has 0 unspecified atom stereocenters. The van der Waals surface area contributed by atoms with Gasteiger partial charge in [0.2, 0.25) is 0 Å². The third-order valence-electron chi connectivity index (χ3n) is 3.30. The second-order valence-corrected chi connectivity index (χ2v) is 4.41. The lowest BCUT2D eigenvalue weighted by molar-refractivity contribution is -0.196. The molecule has 0 spiro atoms. The normalized spacial score (nSPS) is 19.3. The maximum atomic E-state index is 13.0. The molecule has 4 nitrogen and oxygen atoms in total. The molecule has 0 bridgehead atoms. The maximum Gasteiger partial charge on any atom is 0.395 e. The first-order valence-electron chi connectivity index (χ1n) is 5.42. The number of rotatable bonds is 4. The molecule has 98 valence electrons. The number of halogens is 3. The molecule has 7 heteroatoms. The molecular weight excluding hydrogens is 249 g/mol. The van der Waals surface area contributed by atoms with Gasteiger partial charge in [-0.3, -0.25) is 4.79 Å². The van der Waals surface area contributed by atoms with Gasteiger partial charge >= 0.3 is 12.1 Å². The third kappa shape index (κ3) is 2.16. The van der Waals surface area contributed by atoms with Crippen LogP contribution in [0.25, 0.3) is 0 Å². The van der Waals surface area contributed by atoms with E-state index in [9.17, 15) is 18.0 Å². The molecule has 0 saturated heterocycles. The van der Waals surface area contributed by atoms with Crippen molar-refractivity contribution in [2.24, 2.45) is 5.41 Å². The first-order valence-corrected chi connectivity index (χ1v) is 5.42. The Morgan fingerprint density at radius 3 is 2.33 bits per heavy atom. The number of hydrogen-bond acceptors (Lipinski definition) is 3. The van der Waals surface area contributed by atoms with E-state index in [1.165, 1.54) is 18.5 Å². The Bertz CT molecular complexity index is 443. The summed E-state index contributed by atoms with van der Waals surface area (Å²) in [6.45, 7) is 0. The lowest BCUT2D eigenvalue weighted by Gasteiger charge is -2.26. The summed E-state index contributed by atoms with van der Waals surface area (Å²) < 4.78 is 39.1. The second-order valence-electron chi connectivity index (χ2n) is 4.41. The Morgan fingerprint density at radius 2 is 1.94 bits per heavy atom. The minimum atomic E-state index is -4.42. The summed E-state index contributed by atoms with van der Waals surface area (Å²) in [5.74, 6) is -2.53. The standard InChI is InChI=1S/C11H11F3N2O2/c12-11(13,14)10(2-3-10)7(6-8(17)18)9-15-4-1-5-16-9/h1,4-5,7H,2-3,6H2,(H,17,18)/t7-/m1/s1. The van der Waals surface area contributed by atoms with Crippen LogP contribution in [0.2, 0.25) is 0 Å². The number of alkyl halides is 3. The summed E-state index contributed by atoms with van der Waals surface area (Å²) in [6.07, 6.45) is -2.51. The van der Waals surface area contributed by atoms with Crippen LogP contribution in [0.3, 0.4) is 0 Å². The number of carboxylic acid groups (broad SMARTS) is 1. The summed E-state index contributed by atoms with van der Waals surface area (Å²) in [6, 6.07) is 1.48. The minimum absolute atomic E-state index is 0.0466. The van der Waals surface area contributed by atoms with Gasteiger partial charge in [-0.05, 0) is 18.9 Å². The van der Waals surface area contributed by atoms with Crippen LogP contribution in [0.5, 0.6) is 0 Å².